The summed E-state index contributed by atoms with van der Waals surface area (Å²) < 4.78 is 1.71. The Balaban J connectivity index is 0.00000312. The molecule has 0 radical (unpaired) electrons. The molecule has 2 heterocycles. The third-order valence-electron chi connectivity index (χ3n) is 3.85. The van der Waals surface area contributed by atoms with Crippen LogP contribution in [0.25, 0.3) is 0 Å². The molecule has 0 unspecified atom stereocenters. The summed E-state index contributed by atoms with van der Waals surface area (Å²) in [4.78, 5) is 35.6. The van der Waals surface area contributed by atoms with Gasteiger partial charge in [0.25, 0.3) is 0 Å². The maximum absolute atomic E-state index is 11.8. The molecule has 1 N–H and O–H groups in total. The van der Waals surface area contributed by atoms with Crippen LogP contribution in [-0.2, 0) is 23.2 Å². The number of guanidine groups is 1. The summed E-state index contributed by atoms with van der Waals surface area (Å²) in [7, 11) is 3.75. The Morgan fingerprint density at radius 1 is 1.36 bits per heavy atom. The van der Waals surface area contributed by atoms with Gasteiger partial charge in [0.2, 0.25) is 11.8 Å². The zero-order chi connectivity index (χ0) is 17.5. The average molecular weight is 463 g/mol. The summed E-state index contributed by atoms with van der Waals surface area (Å²) in [5.74, 6) is 1.33. The molecule has 1 aliphatic heterocycles. The number of rotatable bonds is 6. The lowest BCUT2D eigenvalue weighted by molar-refractivity contribution is -0.147. The summed E-state index contributed by atoms with van der Waals surface area (Å²) >= 11 is 0. The molecule has 1 aliphatic rings. The summed E-state index contributed by atoms with van der Waals surface area (Å²) in [6.07, 6.45) is 3.06. The molecule has 1 fully saturated rings. The molecule has 0 bridgehead atoms. The lowest BCUT2D eigenvalue weighted by Crippen LogP contribution is -2.43. The standard InChI is InChI=1S/C15H25N7O2.HI/c1-4-16-15(20(2)10-12-18-11-19-21(12)3)17-8-9-22-13(23)6-5-7-14(22)24;/h11H,4-10H2,1-3H3,(H,16,17);1H. The van der Waals surface area contributed by atoms with Crippen molar-refractivity contribution in [3.05, 3.63) is 12.2 Å². The Morgan fingerprint density at radius 3 is 2.60 bits per heavy atom. The van der Waals surface area contributed by atoms with Crippen molar-refractivity contribution in [2.45, 2.75) is 32.7 Å². The minimum absolute atomic E-state index is 0. The fourth-order valence-electron chi connectivity index (χ4n) is 2.53. The molecule has 0 saturated carbocycles. The van der Waals surface area contributed by atoms with Crippen LogP contribution >= 0.6 is 24.0 Å². The molecule has 2 amide bonds. The molecule has 9 nitrogen and oxygen atoms in total. The monoisotopic (exact) mass is 463 g/mol. The van der Waals surface area contributed by atoms with E-state index in [1.165, 1.54) is 11.2 Å². The van der Waals surface area contributed by atoms with Gasteiger partial charge in [0.15, 0.2) is 5.96 Å². The number of halogens is 1. The molecule has 25 heavy (non-hydrogen) atoms. The number of imide groups is 1. The highest BCUT2D eigenvalue weighted by Crippen LogP contribution is 2.11. The molecule has 2 rings (SSSR count). The van der Waals surface area contributed by atoms with E-state index in [0.29, 0.717) is 44.9 Å². The maximum atomic E-state index is 11.8. The highest BCUT2D eigenvalue weighted by molar-refractivity contribution is 14.0. The molecule has 1 saturated heterocycles. The van der Waals surface area contributed by atoms with Crippen LogP contribution in [-0.4, -0.2) is 69.0 Å². The van der Waals surface area contributed by atoms with Crippen LogP contribution < -0.4 is 5.32 Å². The molecule has 140 valence electrons. The number of hydrogen-bond donors (Lipinski definition) is 1. The number of carbonyl (C=O) groups is 2. The Morgan fingerprint density at radius 2 is 2.04 bits per heavy atom. The summed E-state index contributed by atoms with van der Waals surface area (Å²) in [6.45, 7) is 3.98. The number of carbonyl (C=O) groups excluding carboxylic acids is 2. The van der Waals surface area contributed by atoms with E-state index in [9.17, 15) is 9.59 Å². The van der Waals surface area contributed by atoms with Crippen molar-refractivity contribution >= 4 is 41.8 Å². The Labute approximate surface area is 164 Å². The lowest BCUT2D eigenvalue weighted by atomic mass is 10.1. The fraction of sp³-hybridized carbons (Fsp3) is 0.667. The highest BCUT2D eigenvalue weighted by Gasteiger charge is 2.25. The molecule has 0 spiro atoms. The van der Waals surface area contributed by atoms with E-state index in [1.807, 2.05) is 25.9 Å². The van der Waals surface area contributed by atoms with Gasteiger partial charge in [-0.15, -0.1) is 24.0 Å². The van der Waals surface area contributed by atoms with Crippen LogP contribution in [0.15, 0.2) is 11.3 Å². The molecule has 1 aromatic heterocycles. The first-order valence-corrected chi connectivity index (χ1v) is 8.18. The number of aryl methyl sites for hydroxylation is 1. The van der Waals surface area contributed by atoms with Gasteiger partial charge in [0.1, 0.15) is 12.2 Å². The second-order valence-corrected chi connectivity index (χ2v) is 5.68. The van der Waals surface area contributed by atoms with Gasteiger partial charge in [0.05, 0.1) is 13.1 Å². The quantitative estimate of drug-likeness (QED) is 0.284. The Hall–Kier alpha value is -1.72. The van der Waals surface area contributed by atoms with E-state index >= 15 is 0 Å². The SMILES string of the molecule is CCNC(=NCCN1C(=O)CCCC1=O)N(C)Cc1ncnn1C.I. The Kier molecular flexibility index (Phi) is 8.79. The molecule has 0 aromatic carbocycles. The van der Waals surface area contributed by atoms with E-state index in [1.54, 1.807) is 4.68 Å². The fourth-order valence-corrected chi connectivity index (χ4v) is 2.53. The second-order valence-electron chi connectivity index (χ2n) is 5.68. The summed E-state index contributed by atoms with van der Waals surface area (Å²) in [5.41, 5.74) is 0. The Bertz CT molecular complexity index is 601. The van der Waals surface area contributed by atoms with Crippen LogP contribution in [0.3, 0.4) is 0 Å². The first-order chi connectivity index (χ1) is 11.5. The van der Waals surface area contributed by atoms with E-state index in [-0.39, 0.29) is 35.8 Å². The van der Waals surface area contributed by atoms with Crippen LogP contribution in [0.4, 0.5) is 0 Å². The summed E-state index contributed by atoms with van der Waals surface area (Å²) in [6, 6.07) is 0. The molecular weight excluding hydrogens is 437 g/mol. The van der Waals surface area contributed by atoms with Crippen molar-refractivity contribution in [2.24, 2.45) is 12.0 Å². The third kappa shape index (κ3) is 5.94. The number of nitrogens with one attached hydrogen (secondary N) is 1. The molecular formula is C15H26IN7O2. The zero-order valence-electron chi connectivity index (χ0n) is 14.9. The van der Waals surface area contributed by atoms with E-state index < -0.39 is 0 Å². The number of aromatic nitrogens is 3. The normalized spacial score (nSPS) is 15.2. The van der Waals surface area contributed by atoms with Crippen LogP contribution in [0, 0.1) is 0 Å². The number of piperidine rings is 1. The summed E-state index contributed by atoms with van der Waals surface area (Å²) in [5, 5.41) is 7.26. The van der Waals surface area contributed by atoms with Gasteiger partial charge in [-0.1, -0.05) is 0 Å². The third-order valence-corrected chi connectivity index (χ3v) is 3.85. The molecule has 10 heteroatoms. The average Bonchev–Trinajstić information content (AvgIpc) is 2.94. The first kappa shape index (κ1) is 21.3. The van der Waals surface area contributed by atoms with Gasteiger partial charge in [-0.2, -0.15) is 5.10 Å². The van der Waals surface area contributed by atoms with Crippen molar-refractivity contribution in [3.8, 4) is 0 Å². The zero-order valence-corrected chi connectivity index (χ0v) is 17.3. The number of likely N-dealkylation sites (tertiary alicyclic amines) is 1. The van der Waals surface area contributed by atoms with Crippen molar-refractivity contribution in [3.63, 3.8) is 0 Å². The molecule has 1 aromatic rings. The molecule has 0 aliphatic carbocycles. The van der Waals surface area contributed by atoms with Crippen molar-refractivity contribution < 1.29 is 9.59 Å². The van der Waals surface area contributed by atoms with Gasteiger partial charge < -0.3 is 10.2 Å². The van der Waals surface area contributed by atoms with E-state index in [2.05, 4.69) is 20.4 Å². The second kappa shape index (κ2) is 10.3. The topological polar surface area (TPSA) is 95.7 Å². The van der Waals surface area contributed by atoms with Gasteiger partial charge in [-0.05, 0) is 13.3 Å². The van der Waals surface area contributed by atoms with Crippen molar-refractivity contribution in [1.29, 1.82) is 0 Å². The smallest absolute Gasteiger partial charge is 0.229 e. The van der Waals surface area contributed by atoms with E-state index in [0.717, 1.165) is 12.4 Å². The van der Waals surface area contributed by atoms with Gasteiger partial charge in [-0.25, -0.2) is 4.98 Å². The lowest BCUT2D eigenvalue weighted by Gasteiger charge is -2.25. The van der Waals surface area contributed by atoms with Crippen LogP contribution in [0.1, 0.15) is 32.0 Å². The predicted molar refractivity (Wildman–Crippen MR) is 104 cm³/mol. The van der Waals surface area contributed by atoms with Crippen LogP contribution in [0.2, 0.25) is 0 Å². The van der Waals surface area contributed by atoms with Crippen molar-refractivity contribution in [2.75, 3.05) is 26.7 Å². The number of hydrogen-bond acceptors (Lipinski definition) is 5. The number of nitrogens with zero attached hydrogens (tertiary/aromatic N) is 6. The largest absolute Gasteiger partial charge is 0.357 e. The van der Waals surface area contributed by atoms with Crippen LogP contribution in [0.5, 0.6) is 0 Å². The van der Waals surface area contributed by atoms with Crippen molar-refractivity contribution in [1.82, 2.24) is 29.9 Å². The number of aliphatic imine (C=N–C) groups is 1. The highest BCUT2D eigenvalue weighted by atomic mass is 127. The minimum atomic E-state index is -0.0982. The van der Waals surface area contributed by atoms with Gasteiger partial charge in [-0.3, -0.25) is 24.2 Å². The number of amides is 2. The van der Waals surface area contributed by atoms with Gasteiger partial charge in [0, 0.05) is 40.0 Å². The first-order valence-electron chi connectivity index (χ1n) is 8.18. The van der Waals surface area contributed by atoms with Gasteiger partial charge >= 0.3 is 0 Å². The predicted octanol–water partition coefficient (Wildman–Crippen LogP) is 0.369. The van der Waals surface area contributed by atoms with E-state index in [4.69, 9.17) is 0 Å². The maximum Gasteiger partial charge on any atom is 0.229 e. The molecule has 0 atom stereocenters. The minimum Gasteiger partial charge on any atom is -0.357 e.